The SMILES string of the molecule is Cc1ccc(C2c3cc(O)cc(c3O)C2c2ccc(O)cc2C)c(O)c1. The van der Waals surface area contributed by atoms with Crippen molar-refractivity contribution in [3.8, 4) is 23.0 Å². The zero-order valence-corrected chi connectivity index (χ0v) is 14.6. The Kier molecular flexibility index (Phi) is 3.58. The summed E-state index contributed by atoms with van der Waals surface area (Å²) in [7, 11) is 0. The molecule has 1 aliphatic rings. The molecule has 0 aromatic heterocycles. The van der Waals surface area contributed by atoms with E-state index in [-0.39, 0.29) is 34.8 Å². The summed E-state index contributed by atoms with van der Waals surface area (Å²) in [5, 5.41) is 41.1. The topological polar surface area (TPSA) is 80.9 Å². The number of benzene rings is 3. The number of hydrogen-bond donors (Lipinski definition) is 4. The van der Waals surface area contributed by atoms with Crippen molar-refractivity contribution >= 4 is 0 Å². The lowest BCUT2D eigenvalue weighted by molar-refractivity contribution is 0.454. The molecule has 4 heteroatoms. The number of phenolic OH excluding ortho intramolecular Hbond substituents is 4. The maximum absolute atomic E-state index is 10.7. The van der Waals surface area contributed by atoms with Crippen LogP contribution in [0.1, 0.15) is 45.2 Å². The molecule has 2 bridgehead atoms. The molecule has 26 heavy (non-hydrogen) atoms. The highest BCUT2D eigenvalue weighted by molar-refractivity contribution is 5.65. The Hall–Kier alpha value is -3.14. The van der Waals surface area contributed by atoms with Gasteiger partial charge in [0.2, 0.25) is 0 Å². The molecule has 2 atom stereocenters. The van der Waals surface area contributed by atoms with Gasteiger partial charge in [0.15, 0.2) is 0 Å². The summed E-state index contributed by atoms with van der Waals surface area (Å²) in [6.45, 7) is 3.81. The molecule has 3 aromatic carbocycles. The number of phenols is 4. The Labute approximate surface area is 151 Å². The number of rotatable bonds is 2. The standard InChI is InChI=1S/C22H20O4/c1-11-3-5-16(19(25)7-11)21-18-10-14(24)9-17(22(18)26)20(21)15-6-4-13(23)8-12(15)2/h3-10,20-21,23-26H,1-2H3. The molecule has 0 aliphatic heterocycles. The van der Waals surface area contributed by atoms with Gasteiger partial charge in [-0.05, 0) is 60.9 Å². The molecule has 4 rings (SSSR count). The average molecular weight is 348 g/mol. The minimum absolute atomic E-state index is 0.0864. The predicted molar refractivity (Wildman–Crippen MR) is 99.1 cm³/mol. The smallest absolute Gasteiger partial charge is 0.123 e. The van der Waals surface area contributed by atoms with E-state index in [2.05, 4.69) is 0 Å². The number of hydrogen-bond acceptors (Lipinski definition) is 4. The van der Waals surface area contributed by atoms with Crippen LogP contribution in [-0.2, 0) is 0 Å². The molecule has 4 nitrogen and oxygen atoms in total. The highest BCUT2D eigenvalue weighted by Gasteiger charge is 2.40. The van der Waals surface area contributed by atoms with Crippen LogP contribution in [0.15, 0.2) is 48.5 Å². The molecule has 132 valence electrons. The van der Waals surface area contributed by atoms with Gasteiger partial charge in [0, 0.05) is 28.5 Å². The minimum Gasteiger partial charge on any atom is -0.508 e. The van der Waals surface area contributed by atoms with Crippen LogP contribution in [-0.4, -0.2) is 20.4 Å². The first-order valence-corrected chi connectivity index (χ1v) is 8.51. The molecule has 1 aliphatic carbocycles. The van der Waals surface area contributed by atoms with Crippen LogP contribution in [0.2, 0.25) is 0 Å². The van der Waals surface area contributed by atoms with E-state index in [1.54, 1.807) is 30.3 Å². The lowest BCUT2D eigenvalue weighted by Gasteiger charge is -2.24. The first kappa shape index (κ1) is 16.3. The fourth-order valence-electron chi connectivity index (χ4n) is 4.12. The Balaban J connectivity index is 1.98. The summed E-state index contributed by atoms with van der Waals surface area (Å²) in [6, 6.07) is 13.7. The van der Waals surface area contributed by atoms with Gasteiger partial charge in [0.25, 0.3) is 0 Å². The van der Waals surface area contributed by atoms with Crippen LogP contribution in [0.4, 0.5) is 0 Å². The second kappa shape index (κ2) is 5.70. The summed E-state index contributed by atoms with van der Waals surface area (Å²) >= 11 is 0. The molecule has 0 saturated heterocycles. The van der Waals surface area contributed by atoms with Gasteiger partial charge in [-0.1, -0.05) is 18.2 Å². The summed E-state index contributed by atoms with van der Waals surface area (Å²) in [6.07, 6.45) is 0. The lowest BCUT2D eigenvalue weighted by Crippen LogP contribution is -2.10. The molecular formula is C22H20O4. The molecule has 3 aromatic rings. The van der Waals surface area contributed by atoms with Crippen LogP contribution < -0.4 is 0 Å². The van der Waals surface area contributed by atoms with E-state index in [0.29, 0.717) is 16.7 Å². The molecule has 4 N–H and O–H groups in total. The maximum atomic E-state index is 10.7. The molecule has 0 fully saturated rings. The van der Waals surface area contributed by atoms with Gasteiger partial charge >= 0.3 is 0 Å². The molecule has 0 amide bonds. The van der Waals surface area contributed by atoms with E-state index in [9.17, 15) is 20.4 Å². The lowest BCUT2D eigenvalue weighted by atomic mass is 9.78. The third-order valence-electron chi connectivity index (χ3n) is 5.27. The zero-order chi connectivity index (χ0) is 18.6. The van der Waals surface area contributed by atoms with E-state index < -0.39 is 0 Å². The van der Waals surface area contributed by atoms with Gasteiger partial charge in [0.1, 0.15) is 23.0 Å². The minimum atomic E-state index is -0.324. The first-order chi connectivity index (χ1) is 12.4. The number of fused-ring (bicyclic) bond motifs is 2. The first-order valence-electron chi connectivity index (χ1n) is 8.51. The van der Waals surface area contributed by atoms with Crippen LogP contribution >= 0.6 is 0 Å². The molecule has 0 heterocycles. The largest absolute Gasteiger partial charge is 0.508 e. The van der Waals surface area contributed by atoms with Gasteiger partial charge in [-0.15, -0.1) is 0 Å². The second-order valence-corrected chi connectivity index (χ2v) is 7.03. The highest BCUT2D eigenvalue weighted by Crippen LogP contribution is 2.57. The maximum Gasteiger partial charge on any atom is 0.123 e. The third kappa shape index (κ3) is 2.37. The predicted octanol–water partition coefficient (Wildman–Crippen LogP) is 4.40. The quantitative estimate of drug-likeness (QED) is 0.517. The average Bonchev–Trinajstić information content (AvgIpc) is 2.72. The monoisotopic (exact) mass is 348 g/mol. The third-order valence-corrected chi connectivity index (χ3v) is 5.27. The molecule has 0 spiro atoms. The summed E-state index contributed by atoms with van der Waals surface area (Å²) < 4.78 is 0. The Morgan fingerprint density at radius 2 is 1.23 bits per heavy atom. The van der Waals surface area contributed by atoms with Crippen LogP contribution in [0.3, 0.4) is 0 Å². The second-order valence-electron chi connectivity index (χ2n) is 7.03. The normalized spacial score (nSPS) is 18.2. The zero-order valence-electron chi connectivity index (χ0n) is 14.6. The van der Waals surface area contributed by atoms with Crippen LogP contribution in [0.5, 0.6) is 23.0 Å². The van der Waals surface area contributed by atoms with Crippen LogP contribution in [0, 0.1) is 13.8 Å². The fraction of sp³-hybridized carbons (Fsp3) is 0.182. The Bertz CT molecular complexity index is 944. The van der Waals surface area contributed by atoms with Crippen molar-refractivity contribution in [2.75, 3.05) is 0 Å². The molecular weight excluding hydrogens is 328 g/mol. The van der Waals surface area contributed by atoms with Crippen molar-refractivity contribution < 1.29 is 20.4 Å². The van der Waals surface area contributed by atoms with E-state index in [1.807, 2.05) is 32.0 Å². The van der Waals surface area contributed by atoms with Crippen molar-refractivity contribution in [1.82, 2.24) is 0 Å². The van der Waals surface area contributed by atoms with Gasteiger partial charge in [-0.25, -0.2) is 0 Å². The fourth-order valence-corrected chi connectivity index (χ4v) is 4.12. The molecule has 2 unspecified atom stereocenters. The van der Waals surface area contributed by atoms with E-state index in [4.69, 9.17) is 0 Å². The van der Waals surface area contributed by atoms with Crippen molar-refractivity contribution in [1.29, 1.82) is 0 Å². The van der Waals surface area contributed by atoms with Gasteiger partial charge < -0.3 is 20.4 Å². The summed E-state index contributed by atoms with van der Waals surface area (Å²) in [5.74, 6) is -0.0149. The Morgan fingerprint density at radius 1 is 0.615 bits per heavy atom. The van der Waals surface area contributed by atoms with E-state index in [1.165, 1.54) is 0 Å². The van der Waals surface area contributed by atoms with E-state index >= 15 is 0 Å². The van der Waals surface area contributed by atoms with E-state index in [0.717, 1.165) is 16.7 Å². The van der Waals surface area contributed by atoms with Crippen molar-refractivity contribution in [2.45, 2.75) is 25.7 Å². The van der Waals surface area contributed by atoms with Crippen molar-refractivity contribution in [3.63, 3.8) is 0 Å². The van der Waals surface area contributed by atoms with Crippen molar-refractivity contribution in [3.05, 3.63) is 81.9 Å². The van der Waals surface area contributed by atoms with Gasteiger partial charge in [-0.2, -0.15) is 0 Å². The van der Waals surface area contributed by atoms with Crippen LogP contribution in [0.25, 0.3) is 0 Å². The van der Waals surface area contributed by atoms with Gasteiger partial charge in [-0.3, -0.25) is 0 Å². The Morgan fingerprint density at radius 3 is 1.85 bits per heavy atom. The van der Waals surface area contributed by atoms with Crippen molar-refractivity contribution in [2.24, 2.45) is 0 Å². The highest BCUT2D eigenvalue weighted by atomic mass is 16.3. The summed E-state index contributed by atoms with van der Waals surface area (Å²) in [4.78, 5) is 0. The molecule has 0 radical (unpaired) electrons. The summed E-state index contributed by atoms with van der Waals surface area (Å²) in [5.41, 5.74) is 4.68. The number of aryl methyl sites for hydroxylation is 2. The van der Waals surface area contributed by atoms with Gasteiger partial charge in [0.05, 0.1) is 0 Å². The number of aromatic hydroxyl groups is 4. The molecule has 0 saturated carbocycles.